The molecule has 0 unspecified atom stereocenters. The molecule has 7 heteroatoms. The predicted octanol–water partition coefficient (Wildman–Crippen LogP) is 2.60. The number of imidazole rings is 1. The Morgan fingerprint density at radius 1 is 1.21 bits per heavy atom. The number of aromatic carboxylic acids is 1. The number of carbonyl (C=O) groups excluding carboxylic acids is 1. The molecule has 0 aliphatic heterocycles. The molecular weight excluding hydrogens is 310 g/mol. The van der Waals surface area contributed by atoms with Gasteiger partial charge in [-0.25, -0.2) is 9.78 Å². The summed E-state index contributed by atoms with van der Waals surface area (Å²) in [6, 6.07) is 9.49. The van der Waals surface area contributed by atoms with E-state index in [0.717, 1.165) is 0 Å². The summed E-state index contributed by atoms with van der Waals surface area (Å²) < 4.78 is 6.92. The van der Waals surface area contributed by atoms with Crippen LogP contribution in [0.1, 0.15) is 26.5 Å². The number of methoxy groups -OCH3 is 1. The van der Waals surface area contributed by atoms with E-state index in [1.165, 1.54) is 12.1 Å². The highest BCUT2D eigenvalue weighted by atomic mass is 16.5. The van der Waals surface area contributed by atoms with Crippen LogP contribution in [0.3, 0.4) is 0 Å². The molecule has 3 rings (SSSR count). The molecule has 2 N–H and O–H groups in total. The van der Waals surface area contributed by atoms with Crippen molar-refractivity contribution in [1.29, 1.82) is 0 Å². The molecule has 0 radical (unpaired) electrons. The van der Waals surface area contributed by atoms with Gasteiger partial charge in [0.1, 0.15) is 5.69 Å². The largest absolute Gasteiger partial charge is 0.493 e. The minimum Gasteiger partial charge on any atom is -0.493 e. The van der Waals surface area contributed by atoms with Gasteiger partial charge in [-0.2, -0.15) is 0 Å². The van der Waals surface area contributed by atoms with Crippen molar-refractivity contribution in [3.8, 4) is 5.75 Å². The average molecular weight is 325 g/mol. The Kier molecular flexibility index (Phi) is 3.91. The van der Waals surface area contributed by atoms with Gasteiger partial charge in [0.05, 0.1) is 18.4 Å². The first-order valence-corrected chi connectivity index (χ1v) is 7.17. The molecule has 0 aliphatic rings. The van der Waals surface area contributed by atoms with Gasteiger partial charge in [-0.3, -0.25) is 9.20 Å². The van der Waals surface area contributed by atoms with E-state index < -0.39 is 5.97 Å². The van der Waals surface area contributed by atoms with Crippen LogP contribution in [0, 0.1) is 6.92 Å². The van der Waals surface area contributed by atoms with Crippen LogP contribution < -0.4 is 10.1 Å². The van der Waals surface area contributed by atoms with Crippen molar-refractivity contribution in [3.05, 3.63) is 59.5 Å². The zero-order valence-corrected chi connectivity index (χ0v) is 13.1. The Morgan fingerprint density at radius 3 is 2.54 bits per heavy atom. The van der Waals surface area contributed by atoms with E-state index in [1.807, 2.05) is 0 Å². The number of hydrogen-bond donors (Lipinski definition) is 2. The van der Waals surface area contributed by atoms with Gasteiger partial charge in [-0.05, 0) is 43.3 Å². The van der Waals surface area contributed by atoms with Gasteiger partial charge in [-0.15, -0.1) is 0 Å². The number of carboxylic acids is 1. The predicted molar refractivity (Wildman–Crippen MR) is 87.8 cm³/mol. The van der Waals surface area contributed by atoms with E-state index in [9.17, 15) is 9.59 Å². The molecule has 2 aromatic heterocycles. The minimum atomic E-state index is -1.02. The Bertz CT molecular complexity index is 929. The van der Waals surface area contributed by atoms with Gasteiger partial charge >= 0.3 is 5.97 Å². The standard InChI is InChI=1S/C17H15N3O4/c1-10-14(20-9-3-4-13(24-2)15(20)18-10)16(21)19-12-7-5-11(6-8-12)17(22)23/h3-9H,1-2H3,(H,19,21)(H,22,23). The van der Waals surface area contributed by atoms with Crippen LogP contribution in [0.15, 0.2) is 42.6 Å². The third-order valence-electron chi connectivity index (χ3n) is 3.61. The van der Waals surface area contributed by atoms with Crippen LogP contribution in [-0.2, 0) is 0 Å². The Balaban J connectivity index is 1.94. The fourth-order valence-corrected chi connectivity index (χ4v) is 2.48. The van der Waals surface area contributed by atoms with Crippen molar-refractivity contribution in [1.82, 2.24) is 9.38 Å². The molecule has 0 saturated heterocycles. The molecule has 3 aromatic rings. The van der Waals surface area contributed by atoms with E-state index in [0.29, 0.717) is 28.5 Å². The Labute approximate surface area is 137 Å². The van der Waals surface area contributed by atoms with Crippen molar-refractivity contribution >= 4 is 23.2 Å². The summed E-state index contributed by atoms with van der Waals surface area (Å²) in [5.74, 6) is -0.778. The highest BCUT2D eigenvalue weighted by Gasteiger charge is 2.18. The second-order valence-corrected chi connectivity index (χ2v) is 5.15. The highest BCUT2D eigenvalue weighted by molar-refractivity contribution is 6.04. The summed E-state index contributed by atoms with van der Waals surface area (Å²) in [7, 11) is 1.54. The van der Waals surface area contributed by atoms with Crippen LogP contribution in [0.4, 0.5) is 5.69 Å². The normalized spacial score (nSPS) is 10.6. The topological polar surface area (TPSA) is 92.9 Å². The highest BCUT2D eigenvalue weighted by Crippen LogP contribution is 2.22. The minimum absolute atomic E-state index is 0.156. The molecule has 1 amide bonds. The number of nitrogens with one attached hydrogen (secondary N) is 1. The number of benzene rings is 1. The number of aromatic nitrogens is 2. The molecule has 0 bridgehead atoms. The molecule has 0 fully saturated rings. The first kappa shape index (κ1) is 15.5. The third-order valence-corrected chi connectivity index (χ3v) is 3.61. The summed E-state index contributed by atoms with van der Waals surface area (Å²) in [5, 5.41) is 11.6. The van der Waals surface area contributed by atoms with Gasteiger partial charge in [0.2, 0.25) is 0 Å². The summed E-state index contributed by atoms with van der Waals surface area (Å²) in [6.45, 7) is 1.74. The number of carbonyl (C=O) groups is 2. The van der Waals surface area contributed by atoms with Gasteiger partial charge in [0.15, 0.2) is 11.4 Å². The van der Waals surface area contributed by atoms with Gasteiger partial charge in [-0.1, -0.05) is 0 Å². The average Bonchev–Trinajstić information content (AvgIpc) is 2.91. The fraction of sp³-hybridized carbons (Fsp3) is 0.118. The van der Waals surface area contributed by atoms with E-state index in [1.54, 1.807) is 48.9 Å². The lowest BCUT2D eigenvalue weighted by atomic mass is 10.2. The zero-order valence-electron chi connectivity index (χ0n) is 13.1. The number of amides is 1. The molecule has 0 atom stereocenters. The second-order valence-electron chi connectivity index (χ2n) is 5.15. The van der Waals surface area contributed by atoms with Crippen molar-refractivity contribution in [3.63, 3.8) is 0 Å². The quantitative estimate of drug-likeness (QED) is 0.769. The van der Waals surface area contributed by atoms with Crippen molar-refractivity contribution in [2.45, 2.75) is 6.92 Å². The number of rotatable bonds is 4. The molecule has 0 aliphatic carbocycles. The fourth-order valence-electron chi connectivity index (χ4n) is 2.48. The first-order valence-electron chi connectivity index (χ1n) is 7.17. The number of ether oxygens (including phenoxy) is 1. The van der Waals surface area contributed by atoms with Crippen molar-refractivity contribution in [2.75, 3.05) is 12.4 Å². The first-order chi connectivity index (χ1) is 11.5. The van der Waals surface area contributed by atoms with E-state index in [4.69, 9.17) is 9.84 Å². The second kappa shape index (κ2) is 6.04. The van der Waals surface area contributed by atoms with Gasteiger partial charge in [0.25, 0.3) is 5.91 Å². The monoisotopic (exact) mass is 325 g/mol. The summed E-state index contributed by atoms with van der Waals surface area (Å²) in [4.78, 5) is 27.8. The molecule has 2 heterocycles. The lowest BCUT2D eigenvalue weighted by Crippen LogP contribution is -2.15. The number of carboxylic acid groups (broad SMARTS) is 1. The number of anilines is 1. The van der Waals surface area contributed by atoms with Gasteiger partial charge in [0, 0.05) is 11.9 Å². The summed E-state index contributed by atoms with van der Waals surface area (Å²) in [6.07, 6.45) is 1.74. The maximum absolute atomic E-state index is 12.6. The number of fused-ring (bicyclic) bond motifs is 1. The van der Waals surface area contributed by atoms with Crippen molar-refractivity contribution in [2.24, 2.45) is 0 Å². The summed E-state index contributed by atoms with van der Waals surface area (Å²) in [5.41, 5.74) is 2.18. The van der Waals surface area contributed by atoms with Crippen LogP contribution >= 0.6 is 0 Å². The molecule has 1 aromatic carbocycles. The van der Waals surface area contributed by atoms with Crippen LogP contribution in [0.25, 0.3) is 5.65 Å². The summed E-state index contributed by atoms with van der Waals surface area (Å²) >= 11 is 0. The zero-order chi connectivity index (χ0) is 17.3. The van der Waals surface area contributed by atoms with Gasteiger partial charge < -0.3 is 15.2 Å². The maximum Gasteiger partial charge on any atom is 0.335 e. The molecule has 122 valence electrons. The van der Waals surface area contributed by atoms with Crippen LogP contribution in [0.5, 0.6) is 5.75 Å². The SMILES string of the molecule is COc1cccn2c(C(=O)Nc3ccc(C(=O)O)cc3)c(C)nc12. The molecule has 0 spiro atoms. The number of pyridine rings is 1. The molecule has 7 nitrogen and oxygen atoms in total. The van der Waals surface area contributed by atoms with Crippen LogP contribution in [-0.4, -0.2) is 33.5 Å². The molecule has 24 heavy (non-hydrogen) atoms. The number of hydrogen-bond acceptors (Lipinski definition) is 4. The van der Waals surface area contributed by atoms with E-state index in [2.05, 4.69) is 10.3 Å². The molecular formula is C17H15N3O4. The van der Waals surface area contributed by atoms with Crippen LogP contribution in [0.2, 0.25) is 0 Å². The Hall–Kier alpha value is -3.35. The van der Waals surface area contributed by atoms with E-state index in [-0.39, 0.29) is 11.5 Å². The molecule has 0 saturated carbocycles. The maximum atomic E-state index is 12.6. The lowest BCUT2D eigenvalue weighted by molar-refractivity contribution is 0.0696. The third kappa shape index (κ3) is 2.67. The number of nitrogens with zero attached hydrogens (tertiary/aromatic N) is 2. The smallest absolute Gasteiger partial charge is 0.335 e. The lowest BCUT2D eigenvalue weighted by Gasteiger charge is -2.07. The number of aryl methyl sites for hydroxylation is 1. The van der Waals surface area contributed by atoms with Crippen molar-refractivity contribution < 1.29 is 19.4 Å². The van der Waals surface area contributed by atoms with E-state index >= 15 is 0 Å². The Morgan fingerprint density at radius 2 is 1.92 bits per heavy atom.